The molecule has 1 N–H and O–H groups in total. The fourth-order valence-corrected chi connectivity index (χ4v) is 1.53. The van der Waals surface area contributed by atoms with E-state index in [0.717, 1.165) is 5.56 Å². The quantitative estimate of drug-likeness (QED) is 0.747. The molecule has 1 amide bonds. The van der Waals surface area contributed by atoms with Gasteiger partial charge in [-0.2, -0.15) is 0 Å². The van der Waals surface area contributed by atoms with Gasteiger partial charge >= 0.3 is 6.09 Å². The average Bonchev–Trinajstić information content (AvgIpc) is 2.65. The van der Waals surface area contributed by atoms with E-state index in [1.165, 1.54) is 6.92 Å². The molecular formula is C11H11NO3. The number of hydrogen-bond donors (Lipinski definition) is 1. The molecule has 1 heterocycles. The SMILES string of the molecule is CC(=O)c1cccc(C2CNC(=O)O2)c1. The molecular weight excluding hydrogens is 194 g/mol. The minimum atomic E-state index is -0.409. The van der Waals surface area contributed by atoms with Gasteiger partial charge in [-0.05, 0) is 18.6 Å². The Morgan fingerprint density at radius 3 is 2.93 bits per heavy atom. The van der Waals surface area contributed by atoms with Gasteiger partial charge < -0.3 is 10.1 Å². The molecule has 15 heavy (non-hydrogen) atoms. The number of cyclic esters (lactones) is 1. The molecule has 4 heteroatoms. The van der Waals surface area contributed by atoms with Crippen LogP contribution < -0.4 is 5.32 Å². The van der Waals surface area contributed by atoms with E-state index in [1.807, 2.05) is 6.07 Å². The van der Waals surface area contributed by atoms with E-state index in [4.69, 9.17) is 4.74 Å². The first-order valence-corrected chi connectivity index (χ1v) is 4.72. The second-order valence-corrected chi connectivity index (χ2v) is 3.46. The van der Waals surface area contributed by atoms with Gasteiger partial charge in [-0.25, -0.2) is 4.79 Å². The van der Waals surface area contributed by atoms with Crippen molar-refractivity contribution in [3.63, 3.8) is 0 Å². The number of amides is 1. The van der Waals surface area contributed by atoms with Gasteiger partial charge in [0.1, 0.15) is 6.10 Å². The molecule has 0 spiro atoms. The molecule has 0 bridgehead atoms. The highest BCUT2D eigenvalue weighted by atomic mass is 16.6. The molecule has 2 rings (SSSR count). The zero-order chi connectivity index (χ0) is 10.8. The number of carbonyl (C=O) groups is 2. The lowest BCUT2D eigenvalue weighted by molar-refractivity contribution is 0.101. The summed E-state index contributed by atoms with van der Waals surface area (Å²) in [5, 5.41) is 2.57. The summed E-state index contributed by atoms with van der Waals surface area (Å²) in [4.78, 5) is 22.0. The summed E-state index contributed by atoms with van der Waals surface area (Å²) in [7, 11) is 0. The fourth-order valence-electron chi connectivity index (χ4n) is 1.53. The van der Waals surface area contributed by atoms with E-state index < -0.39 is 6.09 Å². The number of hydrogen-bond acceptors (Lipinski definition) is 3. The third-order valence-electron chi connectivity index (χ3n) is 2.35. The number of ether oxygens (including phenoxy) is 1. The Labute approximate surface area is 87.2 Å². The lowest BCUT2D eigenvalue weighted by Crippen LogP contribution is -2.12. The van der Waals surface area contributed by atoms with Crippen molar-refractivity contribution < 1.29 is 14.3 Å². The van der Waals surface area contributed by atoms with Crippen LogP contribution in [0.15, 0.2) is 24.3 Å². The maximum Gasteiger partial charge on any atom is 0.407 e. The van der Waals surface area contributed by atoms with Crippen LogP contribution in [0, 0.1) is 0 Å². The first-order chi connectivity index (χ1) is 7.16. The van der Waals surface area contributed by atoms with Crippen LogP contribution in [0.5, 0.6) is 0 Å². The summed E-state index contributed by atoms with van der Waals surface area (Å²) in [6, 6.07) is 7.14. The van der Waals surface area contributed by atoms with Crippen molar-refractivity contribution >= 4 is 11.9 Å². The number of nitrogens with one attached hydrogen (secondary N) is 1. The third-order valence-corrected chi connectivity index (χ3v) is 2.35. The molecule has 1 aliphatic rings. The molecule has 1 aromatic carbocycles. The minimum absolute atomic E-state index is 0.00846. The number of ketones is 1. The zero-order valence-electron chi connectivity index (χ0n) is 8.32. The highest BCUT2D eigenvalue weighted by molar-refractivity contribution is 5.94. The van der Waals surface area contributed by atoms with Gasteiger partial charge in [-0.3, -0.25) is 4.79 Å². The standard InChI is InChI=1S/C11H11NO3/c1-7(13)8-3-2-4-9(5-8)10-6-12-11(14)15-10/h2-5,10H,6H2,1H3,(H,12,14). The van der Waals surface area contributed by atoms with Crippen LogP contribution in [0.4, 0.5) is 4.79 Å². The number of alkyl carbamates (subject to hydrolysis) is 1. The van der Waals surface area contributed by atoms with E-state index in [9.17, 15) is 9.59 Å². The van der Waals surface area contributed by atoms with Gasteiger partial charge in [0.15, 0.2) is 5.78 Å². The number of rotatable bonds is 2. The van der Waals surface area contributed by atoms with Gasteiger partial charge in [0.05, 0.1) is 6.54 Å². The minimum Gasteiger partial charge on any atom is -0.439 e. The van der Waals surface area contributed by atoms with Crippen LogP contribution in [0.1, 0.15) is 28.9 Å². The van der Waals surface area contributed by atoms with E-state index in [-0.39, 0.29) is 11.9 Å². The normalized spacial score (nSPS) is 19.5. The van der Waals surface area contributed by atoms with Crippen molar-refractivity contribution in [1.29, 1.82) is 0 Å². The fraction of sp³-hybridized carbons (Fsp3) is 0.273. The van der Waals surface area contributed by atoms with E-state index >= 15 is 0 Å². The highest BCUT2D eigenvalue weighted by Gasteiger charge is 2.24. The molecule has 1 unspecified atom stereocenters. The van der Waals surface area contributed by atoms with Gasteiger partial charge in [0.25, 0.3) is 0 Å². The van der Waals surface area contributed by atoms with Crippen LogP contribution in [-0.4, -0.2) is 18.4 Å². The zero-order valence-corrected chi connectivity index (χ0v) is 8.32. The summed E-state index contributed by atoms with van der Waals surface area (Å²) < 4.78 is 5.02. The molecule has 0 aromatic heterocycles. The second-order valence-electron chi connectivity index (χ2n) is 3.46. The average molecular weight is 205 g/mol. The van der Waals surface area contributed by atoms with Crippen molar-refractivity contribution in [3.8, 4) is 0 Å². The maximum absolute atomic E-state index is 11.2. The molecule has 1 atom stereocenters. The molecule has 78 valence electrons. The van der Waals surface area contributed by atoms with E-state index in [0.29, 0.717) is 12.1 Å². The Balaban J connectivity index is 2.25. The maximum atomic E-state index is 11.2. The van der Waals surface area contributed by atoms with Crippen LogP contribution in [0.25, 0.3) is 0 Å². The monoisotopic (exact) mass is 205 g/mol. The van der Waals surface area contributed by atoms with Crippen molar-refractivity contribution in [2.75, 3.05) is 6.54 Å². The highest BCUT2D eigenvalue weighted by Crippen LogP contribution is 2.21. The number of benzene rings is 1. The molecule has 0 aliphatic carbocycles. The van der Waals surface area contributed by atoms with Crippen LogP contribution >= 0.6 is 0 Å². The van der Waals surface area contributed by atoms with Crippen LogP contribution in [-0.2, 0) is 4.74 Å². The Bertz CT molecular complexity index is 414. The largest absolute Gasteiger partial charge is 0.439 e. The van der Waals surface area contributed by atoms with Crippen molar-refractivity contribution in [2.24, 2.45) is 0 Å². The third kappa shape index (κ3) is 1.98. The molecule has 0 saturated carbocycles. The second kappa shape index (κ2) is 3.73. The Morgan fingerprint density at radius 1 is 1.53 bits per heavy atom. The van der Waals surface area contributed by atoms with Gasteiger partial charge in [-0.15, -0.1) is 0 Å². The lowest BCUT2D eigenvalue weighted by atomic mass is 10.0. The summed E-state index contributed by atoms with van der Waals surface area (Å²) in [6.07, 6.45) is -0.690. The number of carbonyl (C=O) groups excluding carboxylic acids is 2. The molecule has 1 aromatic rings. The summed E-state index contributed by atoms with van der Waals surface area (Å²) in [6.45, 7) is 1.97. The van der Waals surface area contributed by atoms with Crippen molar-refractivity contribution in [1.82, 2.24) is 5.32 Å². The predicted molar refractivity (Wildman–Crippen MR) is 53.7 cm³/mol. The van der Waals surface area contributed by atoms with E-state index in [2.05, 4.69) is 5.32 Å². The molecule has 1 saturated heterocycles. The smallest absolute Gasteiger partial charge is 0.407 e. The molecule has 4 nitrogen and oxygen atoms in total. The van der Waals surface area contributed by atoms with Crippen LogP contribution in [0.2, 0.25) is 0 Å². The topological polar surface area (TPSA) is 55.4 Å². The summed E-state index contributed by atoms with van der Waals surface area (Å²) >= 11 is 0. The Morgan fingerprint density at radius 2 is 2.33 bits per heavy atom. The lowest BCUT2D eigenvalue weighted by Gasteiger charge is -2.08. The first-order valence-electron chi connectivity index (χ1n) is 4.72. The molecule has 0 radical (unpaired) electrons. The number of Topliss-reactive ketones (excluding diaryl/α,β-unsaturated/α-hetero) is 1. The predicted octanol–water partition coefficient (Wildman–Crippen LogP) is 1.67. The Kier molecular flexibility index (Phi) is 2.41. The Hall–Kier alpha value is -1.84. The van der Waals surface area contributed by atoms with Crippen molar-refractivity contribution in [2.45, 2.75) is 13.0 Å². The van der Waals surface area contributed by atoms with Gasteiger partial charge in [-0.1, -0.05) is 18.2 Å². The van der Waals surface area contributed by atoms with Crippen LogP contribution in [0.3, 0.4) is 0 Å². The van der Waals surface area contributed by atoms with Gasteiger partial charge in [0.2, 0.25) is 0 Å². The summed E-state index contributed by atoms with van der Waals surface area (Å²) in [5.74, 6) is 0.00846. The van der Waals surface area contributed by atoms with Crippen molar-refractivity contribution in [3.05, 3.63) is 35.4 Å². The van der Waals surface area contributed by atoms with Gasteiger partial charge in [0, 0.05) is 5.56 Å². The molecule has 1 fully saturated rings. The first kappa shape index (κ1) is 9.71. The summed E-state index contributed by atoms with van der Waals surface area (Å²) in [5.41, 5.74) is 1.48. The molecule has 1 aliphatic heterocycles. The van der Waals surface area contributed by atoms with E-state index in [1.54, 1.807) is 18.2 Å².